The van der Waals surface area contributed by atoms with Crippen LogP contribution in [0, 0.1) is 0 Å². The Kier molecular flexibility index (Phi) is 13.0. The molecular weight excluding hydrogens is 351 g/mol. The predicted octanol–water partition coefficient (Wildman–Crippen LogP) is 0.0970. The minimum absolute atomic E-state index is 0.00211. The molecule has 0 radical (unpaired) electrons. The summed E-state index contributed by atoms with van der Waals surface area (Å²) in [6.45, 7) is 3.49. The second-order valence-electron chi connectivity index (χ2n) is 3.53. The Bertz CT molecular complexity index is 239. The highest BCUT2D eigenvalue weighted by Gasteiger charge is 2.03. The SMILES string of the molecule is CNCCOCCOCCNC(=O)CCC(=O)I. The Hall–Kier alpha value is -0.250. The van der Waals surface area contributed by atoms with Crippen molar-refractivity contribution in [3.63, 3.8) is 0 Å². The number of carbonyl (C=O) groups is 2. The fourth-order valence-corrected chi connectivity index (χ4v) is 1.33. The van der Waals surface area contributed by atoms with Crippen LogP contribution in [0.5, 0.6) is 0 Å². The molecule has 0 aromatic heterocycles. The summed E-state index contributed by atoms with van der Waals surface area (Å²) in [5.74, 6) is -0.117. The Morgan fingerprint density at radius 1 is 1.00 bits per heavy atom. The van der Waals surface area contributed by atoms with Gasteiger partial charge >= 0.3 is 0 Å². The zero-order chi connectivity index (χ0) is 13.6. The van der Waals surface area contributed by atoms with Gasteiger partial charge in [0.05, 0.1) is 26.4 Å². The summed E-state index contributed by atoms with van der Waals surface area (Å²) < 4.78 is 10.5. The van der Waals surface area contributed by atoms with Gasteiger partial charge in [-0.3, -0.25) is 9.59 Å². The van der Waals surface area contributed by atoms with Crippen LogP contribution >= 0.6 is 22.6 Å². The van der Waals surface area contributed by atoms with Crippen molar-refractivity contribution in [1.29, 1.82) is 0 Å². The maximum Gasteiger partial charge on any atom is 0.220 e. The van der Waals surface area contributed by atoms with Gasteiger partial charge in [-0.05, 0) is 29.6 Å². The minimum atomic E-state index is -0.117. The van der Waals surface area contributed by atoms with E-state index in [0.717, 1.165) is 6.54 Å². The average molecular weight is 372 g/mol. The zero-order valence-electron chi connectivity index (χ0n) is 10.7. The van der Waals surface area contributed by atoms with Crippen molar-refractivity contribution in [3.8, 4) is 0 Å². The average Bonchev–Trinajstić information content (AvgIpc) is 2.34. The van der Waals surface area contributed by atoms with Crippen LogP contribution in [-0.4, -0.2) is 56.3 Å². The number of hydrogen-bond acceptors (Lipinski definition) is 5. The molecule has 0 aliphatic rings. The molecule has 0 heterocycles. The standard InChI is InChI=1S/C11H21IN2O4/c1-13-4-6-17-8-9-18-7-5-14-11(16)3-2-10(12)15/h13H,2-9H2,1H3,(H,14,16). The maximum absolute atomic E-state index is 11.2. The van der Waals surface area contributed by atoms with Crippen molar-refractivity contribution in [1.82, 2.24) is 10.6 Å². The van der Waals surface area contributed by atoms with E-state index in [1.54, 1.807) is 22.6 Å². The molecule has 0 saturated heterocycles. The second kappa shape index (κ2) is 13.2. The lowest BCUT2D eigenvalue weighted by atomic mass is 10.3. The van der Waals surface area contributed by atoms with E-state index in [4.69, 9.17) is 9.47 Å². The van der Waals surface area contributed by atoms with Gasteiger partial charge < -0.3 is 20.1 Å². The maximum atomic E-state index is 11.2. The third-order valence-electron chi connectivity index (χ3n) is 1.99. The lowest BCUT2D eigenvalue weighted by molar-refractivity contribution is -0.123. The highest BCUT2D eigenvalue weighted by atomic mass is 127. The van der Waals surface area contributed by atoms with E-state index in [0.29, 0.717) is 33.0 Å². The molecule has 0 spiro atoms. The molecule has 0 fully saturated rings. The smallest absolute Gasteiger partial charge is 0.220 e. The van der Waals surface area contributed by atoms with Gasteiger partial charge in [-0.15, -0.1) is 0 Å². The number of amides is 1. The monoisotopic (exact) mass is 372 g/mol. The normalized spacial score (nSPS) is 10.3. The topological polar surface area (TPSA) is 76.7 Å². The first-order valence-electron chi connectivity index (χ1n) is 5.92. The predicted molar refractivity (Wildman–Crippen MR) is 76.8 cm³/mol. The Morgan fingerprint density at radius 3 is 2.17 bits per heavy atom. The molecule has 0 bridgehead atoms. The molecule has 0 atom stereocenters. The van der Waals surface area contributed by atoms with Crippen molar-refractivity contribution in [2.75, 3.05) is 46.6 Å². The molecule has 0 saturated carbocycles. The highest BCUT2D eigenvalue weighted by Crippen LogP contribution is 1.96. The highest BCUT2D eigenvalue weighted by molar-refractivity contribution is 14.1. The summed E-state index contributed by atoms with van der Waals surface area (Å²) in [4.78, 5) is 21.8. The molecule has 0 rings (SSSR count). The van der Waals surface area contributed by atoms with E-state index in [2.05, 4.69) is 10.6 Å². The third-order valence-corrected chi connectivity index (χ3v) is 2.52. The lowest BCUT2D eigenvalue weighted by Crippen LogP contribution is -2.27. The quantitative estimate of drug-likeness (QED) is 0.289. The molecule has 0 aromatic rings. The largest absolute Gasteiger partial charge is 0.378 e. The van der Waals surface area contributed by atoms with Crippen LogP contribution in [0.15, 0.2) is 0 Å². The van der Waals surface area contributed by atoms with Crippen LogP contribution in [0.4, 0.5) is 0 Å². The third kappa shape index (κ3) is 13.8. The van der Waals surface area contributed by atoms with E-state index in [9.17, 15) is 9.59 Å². The van der Waals surface area contributed by atoms with Crippen LogP contribution < -0.4 is 10.6 Å². The minimum Gasteiger partial charge on any atom is -0.378 e. The summed E-state index contributed by atoms with van der Waals surface area (Å²) in [5.41, 5.74) is 0. The number of rotatable bonds is 12. The number of nitrogens with one attached hydrogen (secondary N) is 2. The van der Waals surface area contributed by atoms with Crippen molar-refractivity contribution in [2.24, 2.45) is 0 Å². The van der Waals surface area contributed by atoms with E-state index in [1.807, 2.05) is 7.05 Å². The molecule has 0 unspecified atom stereocenters. The van der Waals surface area contributed by atoms with Gasteiger partial charge in [0.15, 0.2) is 3.79 Å². The molecule has 106 valence electrons. The summed E-state index contributed by atoms with van der Waals surface area (Å²) in [7, 11) is 1.87. The first-order valence-corrected chi connectivity index (χ1v) is 6.99. The fourth-order valence-electron chi connectivity index (χ4n) is 1.06. The molecule has 18 heavy (non-hydrogen) atoms. The van der Waals surface area contributed by atoms with Crippen LogP contribution in [0.1, 0.15) is 12.8 Å². The van der Waals surface area contributed by atoms with Gasteiger partial charge in [-0.25, -0.2) is 0 Å². The van der Waals surface area contributed by atoms with Crippen molar-refractivity contribution in [3.05, 3.63) is 0 Å². The first-order chi connectivity index (χ1) is 8.66. The van der Waals surface area contributed by atoms with Gasteiger partial charge in [-0.1, -0.05) is 0 Å². The molecule has 0 aromatic carbocycles. The zero-order valence-corrected chi connectivity index (χ0v) is 12.8. The Morgan fingerprint density at radius 2 is 1.61 bits per heavy atom. The molecule has 6 nitrogen and oxygen atoms in total. The van der Waals surface area contributed by atoms with Gasteiger partial charge in [0.25, 0.3) is 0 Å². The second-order valence-corrected chi connectivity index (χ2v) is 4.74. The van der Waals surface area contributed by atoms with Gasteiger partial charge in [0, 0.05) is 25.9 Å². The van der Waals surface area contributed by atoms with Gasteiger partial charge in [0.2, 0.25) is 5.91 Å². The van der Waals surface area contributed by atoms with Crippen LogP contribution in [-0.2, 0) is 19.1 Å². The van der Waals surface area contributed by atoms with Crippen LogP contribution in [0.25, 0.3) is 0 Å². The number of ether oxygens (including phenoxy) is 2. The number of likely N-dealkylation sites (N-methyl/N-ethyl adjacent to an activating group) is 1. The molecule has 1 amide bonds. The molecule has 7 heteroatoms. The van der Waals surface area contributed by atoms with Crippen LogP contribution in [0.3, 0.4) is 0 Å². The molecule has 0 aliphatic carbocycles. The van der Waals surface area contributed by atoms with E-state index < -0.39 is 0 Å². The molecule has 0 aliphatic heterocycles. The number of halogens is 1. The van der Waals surface area contributed by atoms with E-state index in [1.165, 1.54) is 0 Å². The fraction of sp³-hybridized carbons (Fsp3) is 0.818. The molecule has 2 N–H and O–H groups in total. The van der Waals surface area contributed by atoms with Crippen molar-refractivity contribution >= 4 is 32.3 Å². The summed E-state index contributed by atoms with van der Waals surface area (Å²) in [6, 6.07) is 0. The number of carbonyl (C=O) groups excluding carboxylic acids is 2. The van der Waals surface area contributed by atoms with Crippen LogP contribution in [0.2, 0.25) is 0 Å². The Labute approximate surface area is 121 Å². The summed E-state index contributed by atoms with van der Waals surface area (Å²) >= 11 is 1.68. The summed E-state index contributed by atoms with van der Waals surface area (Å²) in [5, 5.41) is 5.65. The first kappa shape index (κ1) is 17.8. The van der Waals surface area contributed by atoms with Gasteiger partial charge in [0.1, 0.15) is 0 Å². The number of hydrogen-bond donors (Lipinski definition) is 2. The van der Waals surface area contributed by atoms with Gasteiger partial charge in [-0.2, -0.15) is 0 Å². The Balaban J connectivity index is 3.15. The van der Waals surface area contributed by atoms with E-state index in [-0.39, 0.29) is 22.5 Å². The molecular formula is C11H21IN2O4. The lowest BCUT2D eigenvalue weighted by Gasteiger charge is -2.06. The van der Waals surface area contributed by atoms with Crippen molar-refractivity contribution in [2.45, 2.75) is 12.8 Å². The van der Waals surface area contributed by atoms with Crippen molar-refractivity contribution < 1.29 is 19.1 Å². The van der Waals surface area contributed by atoms with E-state index >= 15 is 0 Å². The summed E-state index contributed by atoms with van der Waals surface area (Å²) in [6.07, 6.45) is 0.529.